The van der Waals surface area contributed by atoms with Gasteiger partial charge in [0, 0.05) is 13.7 Å². The molecule has 0 aliphatic heterocycles. The second kappa shape index (κ2) is 7.03. The molecule has 0 bridgehead atoms. The Balaban J connectivity index is 4.03. The molecule has 0 amide bonds. The molecule has 0 saturated heterocycles. The molecule has 0 heterocycles. The Bertz CT molecular complexity index is 164. The van der Waals surface area contributed by atoms with Crippen LogP contribution in [0.15, 0.2) is 0 Å². The maximum atomic E-state index is 12.2. The van der Waals surface area contributed by atoms with Gasteiger partial charge in [0.15, 0.2) is 6.10 Å². The van der Waals surface area contributed by atoms with Gasteiger partial charge in [0.25, 0.3) is 0 Å². The number of hydrogen-bond donors (Lipinski definition) is 1. The Kier molecular flexibility index (Phi) is 6.87. The molecular weight excluding hydrogens is 211 g/mol. The van der Waals surface area contributed by atoms with Gasteiger partial charge in [0.1, 0.15) is 0 Å². The van der Waals surface area contributed by atoms with Crippen LogP contribution in [0.25, 0.3) is 0 Å². The lowest BCUT2D eigenvalue weighted by Gasteiger charge is -2.23. The quantitative estimate of drug-likeness (QED) is 0.719. The van der Waals surface area contributed by atoms with E-state index in [0.29, 0.717) is 13.1 Å². The molecule has 0 aromatic rings. The summed E-state index contributed by atoms with van der Waals surface area (Å²) in [6.45, 7) is 4.05. The number of hydrogen-bond acceptors (Lipinski definition) is 3. The van der Waals surface area contributed by atoms with Gasteiger partial charge in [-0.1, -0.05) is 6.92 Å². The molecule has 0 rings (SSSR count). The molecule has 0 radical (unpaired) electrons. The van der Waals surface area contributed by atoms with E-state index in [1.807, 2.05) is 6.92 Å². The molecule has 92 valence electrons. The fourth-order valence-electron chi connectivity index (χ4n) is 1.00. The Morgan fingerprint density at radius 1 is 1.33 bits per heavy atom. The van der Waals surface area contributed by atoms with Crippen LogP contribution < -0.4 is 5.32 Å². The lowest BCUT2D eigenvalue weighted by Crippen LogP contribution is -2.39. The first-order valence-corrected chi connectivity index (χ1v) is 4.83. The molecule has 0 aromatic heterocycles. The highest BCUT2D eigenvalue weighted by atomic mass is 19.4. The number of nitrogens with one attached hydrogen (secondary N) is 1. The van der Waals surface area contributed by atoms with Gasteiger partial charge in [0.2, 0.25) is 0 Å². The van der Waals surface area contributed by atoms with Crippen LogP contribution >= 0.6 is 0 Å². The van der Waals surface area contributed by atoms with E-state index in [9.17, 15) is 13.2 Å². The van der Waals surface area contributed by atoms with E-state index >= 15 is 0 Å². The van der Waals surface area contributed by atoms with Gasteiger partial charge >= 0.3 is 6.18 Å². The molecule has 15 heavy (non-hydrogen) atoms. The first-order chi connectivity index (χ1) is 6.91. The number of ether oxygens (including phenoxy) is 2. The smallest absolute Gasteiger partial charge is 0.382 e. The molecule has 0 fully saturated rings. The van der Waals surface area contributed by atoms with Gasteiger partial charge in [0.05, 0.1) is 12.7 Å². The summed E-state index contributed by atoms with van der Waals surface area (Å²) in [6.07, 6.45) is -6.67. The fraction of sp³-hybridized carbons (Fsp3) is 1.00. The monoisotopic (exact) mass is 229 g/mol. The zero-order chi connectivity index (χ0) is 11.9. The maximum absolute atomic E-state index is 12.2. The Hall–Kier alpha value is -0.330. The number of alkyl halides is 3. The van der Waals surface area contributed by atoms with Crippen molar-refractivity contribution in [1.82, 2.24) is 5.32 Å². The number of rotatable bonds is 7. The molecule has 2 unspecified atom stereocenters. The van der Waals surface area contributed by atoms with Crippen LogP contribution in [0.1, 0.15) is 13.8 Å². The van der Waals surface area contributed by atoms with Gasteiger partial charge in [-0.3, -0.25) is 0 Å². The summed E-state index contributed by atoms with van der Waals surface area (Å²) in [4.78, 5) is 0. The summed E-state index contributed by atoms with van der Waals surface area (Å²) < 4.78 is 46.2. The first kappa shape index (κ1) is 14.7. The van der Waals surface area contributed by atoms with E-state index in [4.69, 9.17) is 9.47 Å². The van der Waals surface area contributed by atoms with Crippen molar-refractivity contribution in [2.45, 2.75) is 32.2 Å². The predicted molar refractivity (Wildman–Crippen MR) is 50.8 cm³/mol. The van der Waals surface area contributed by atoms with E-state index in [-0.39, 0.29) is 6.61 Å². The Morgan fingerprint density at radius 3 is 2.33 bits per heavy atom. The highest BCUT2D eigenvalue weighted by Gasteiger charge is 2.38. The van der Waals surface area contributed by atoms with Crippen LogP contribution in [0.5, 0.6) is 0 Å². The summed E-state index contributed by atoms with van der Waals surface area (Å²) >= 11 is 0. The van der Waals surface area contributed by atoms with Crippen LogP contribution in [0.3, 0.4) is 0 Å². The lowest BCUT2D eigenvalue weighted by atomic mass is 10.3. The number of likely N-dealkylation sites (N-methyl/N-ethyl adjacent to an activating group) is 1. The highest BCUT2D eigenvalue weighted by Crippen LogP contribution is 2.23. The van der Waals surface area contributed by atoms with Crippen molar-refractivity contribution in [2.24, 2.45) is 0 Å². The van der Waals surface area contributed by atoms with Crippen molar-refractivity contribution in [3.63, 3.8) is 0 Å². The third kappa shape index (κ3) is 6.70. The zero-order valence-corrected chi connectivity index (χ0v) is 9.23. The summed E-state index contributed by atoms with van der Waals surface area (Å²) in [5, 5.41) is 2.92. The maximum Gasteiger partial charge on any atom is 0.414 e. The van der Waals surface area contributed by atoms with E-state index in [0.717, 1.165) is 6.92 Å². The summed E-state index contributed by atoms with van der Waals surface area (Å²) in [7, 11) is 1.43. The minimum absolute atomic E-state index is 0.146. The van der Waals surface area contributed by atoms with Crippen LogP contribution in [-0.4, -0.2) is 45.2 Å². The molecule has 0 spiro atoms. The van der Waals surface area contributed by atoms with Crippen molar-refractivity contribution < 1.29 is 22.6 Å². The number of halogens is 3. The molecule has 2 atom stereocenters. The Labute approximate surface area is 87.9 Å². The van der Waals surface area contributed by atoms with E-state index in [2.05, 4.69) is 5.32 Å². The third-order valence-electron chi connectivity index (χ3n) is 1.83. The number of methoxy groups -OCH3 is 1. The third-order valence-corrected chi connectivity index (χ3v) is 1.83. The first-order valence-electron chi connectivity index (χ1n) is 4.83. The fourth-order valence-corrected chi connectivity index (χ4v) is 1.00. The summed E-state index contributed by atoms with van der Waals surface area (Å²) in [5.41, 5.74) is 0. The molecule has 3 nitrogen and oxygen atoms in total. The van der Waals surface area contributed by atoms with E-state index in [1.54, 1.807) is 0 Å². The van der Waals surface area contributed by atoms with Gasteiger partial charge in [-0.2, -0.15) is 13.2 Å². The van der Waals surface area contributed by atoms with Crippen molar-refractivity contribution in [1.29, 1.82) is 0 Å². The molecule has 1 N–H and O–H groups in total. The van der Waals surface area contributed by atoms with Gasteiger partial charge in [-0.25, -0.2) is 0 Å². The van der Waals surface area contributed by atoms with Crippen molar-refractivity contribution in [3.8, 4) is 0 Å². The second-order valence-corrected chi connectivity index (χ2v) is 3.20. The van der Waals surface area contributed by atoms with Crippen LogP contribution in [0.2, 0.25) is 0 Å². The van der Waals surface area contributed by atoms with Crippen molar-refractivity contribution in [2.75, 3.05) is 26.8 Å². The molecular formula is C9H18F3NO2. The Morgan fingerprint density at radius 2 is 1.93 bits per heavy atom. The van der Waals surface area contributed by atoms with Gasteiger partial charge in [-0.15, -0.1) is 0 Å². The minimum atomic E-state index is -4.32. The van der Waals surface area contributed by atoms with Gasteiger partial charge in [-0.05, 0) is 13.5 Å². The molecule has 0 aliphatic rings. The van der Waals surface area contributed by atoms with Crippen molar-refractivity contribution in [3.05, 3.63) is 0 Å². The van der Waals surface area contributed by atoms with E-state index < -0.39 is 18.4 Å². The average molecular weight is 229 g/mol. The molecule has 0 aliphatic carbocycles. The summed E-state index contributed by atoms with van der Waals surface area (Å²) in [5.74, 6) is 0. The SMILES string of the molecule is CCNCC(COC)OC(C)C(F)(F)F. The second-order valence-electron chi connectivity index (χ2n) is 3.20. The standard InChI is InChI=1S/C9H18F3NO2/c1-4-13-5-8(6-14-3)15-7(2)9(10,11)12/h7-8,13H,4-6H2,1-3H3. The average Bonchev–Trinajstić information content (AvgIpc) is 2.13. The summed E-state index contributed by atoms with van der Waals surface area (Å²) in [6, 6.07) is 0. The predicted octanol–water partition coefficient (Wildman–Crippen LogP) is 1.58. The van der Waals surface area contributed by atoms with Crippen LogP contribution in [0.4, 0.5) is 13.2 Å². The molecule has 0 saturated carbocycles. The normalized spacial score (nSPS) is 16.4. The highest BCUT2D eigenvalue weighted by molar-refractivity contribution is 4.67. The van der Waals surface area contributed by atoms with Crippen LogP contribution in [-0.2, 0) is 9.47 Å². The van der Waals surface area contributed by atoms with Crippen LogP contribution in [0, 0.1) is 0 Å². The van der Waals surface area contributed by atoms with E-state index in [1.165, 1.54) is 7.11 Å². The largest absolute Gasteiger partial charge is 0.414 e. The minimum Gasteiger partial charge on any atom is -0.382 e. The molecule has 6 heteroatoms. The van der Waals surface area contributed by atoms with Crippen molar-refractivity contribution >= 4 is 0 Å². The van der Waals surface area contributed by atoms with Gasteiger partial charge < -0.3 is 14.8 Å². The zero-order valence-electron chi connectivity index (χ0n) is 9.23. The lowest BCUT2D eigenvalue weighted by molar-refractivity contribution is -0.229. The molecule has 0 aromatic carbocycles. The topological polar surface area (TPSA) is 30.5 Å².